The molecule has 0 bridgehead atoms. The summed E-state index contributed by atoms with van der Waals surface area (Å²) in [6, 6.07) is 0. The number of rotatable bonds is 7. The van der Waals surface area contributed by atoms with Crippen molar-refractivity contribution in [3.05, 3.63) is 12.2 Å². The molecular formula is C9H17ClN4O2S. The minimum atomic E-state index is -3.25. The van der Waals surface area contributed by atoms with Crippen LogP contribution in [0.1, 0.15) is 12.7 Å². The number of nitrogens with one attached hydrogen (secondary N) is 1. The summed E-state index contributed by atoms with van der Waals surface area (Å²) in [6.07, 6.45) is 2.10. The first-order valence-electron chi connectivity index (χ1n) is 5.31. The molecular weight excluding hydrogens is 264 g/mol. The van der Waals surface area contributed by atoms with Gasteiger partial charge in [0.05, 0.1) is 5.75 Å². The number of alkyl halides is 1. The highest BCUT2D eigenvalue weighted by molar-refractivity contribution is 7.89. The summed E-state index contributed by atoms with van der Waals surface area (Å²) in [5.41, 5.74) is 0. The molecule has 0 saturated carbocycles. The Labute approximate surface area is 106 Å². The van der Waals surface area contributed by atoms with E-state index in [4.69, 9.17) is 11.6 Å². The van der Waals surface area contributed by atoms with Gasteiger partial charge in [-0.15, -0.1) is 21.8 Å². The Morgan fingerprint density at radius 2 is 2.29 bits per heavy atom. The minimum absolute atomic E-state index is 0.0509. The third-order valence-electron chi connectivity index (χ3n) is 2.24. The van der Waals surface area contributed by atoms with Crippen LogP contribution in [0.4, 0.5) is 0 Å². The van der Waals surface area contributed by atoms with Gasteiger partial charge in [0.15, 0.2) is 0 Å². The fourth-order valence-corrected chi connectivity index (χ4v) is 2.97. The summed E-state index contributed by atoms with van der Waals surface area (Å²) in [4.78, 5) is 0. The van der Waals surface area contributed by atoms with Crippen LogP contribution in [-0.4, -0.2) is 41.4 Å². The summed E-state index contributed by atoms with van der Waals surface area (Å²) < 4.78 is 27.5. The van der Waals surface area contributed by atoms with Crippen molar-refractivity contribution in [1.29, 1.82) is 0 Å². The maximum atomic E-state index is 11.6. The largest absolute Gasteiger partial charge is 0.321 e. The zero-order valence-electron chi connectivity index (χ0n) is 9.93. The quantitative estimate of drug-likeness (QED) is 0.722. The topological polar surface area (TPSA) is 76.9 Å². The van der Waals surface area contributed by atoms with Crippen LogP contribution in [0.15, 0.2) is 6.33 Å². The molecule has 6 nitrogen and oxygen atoms in total. The molecule has 8 heteroatoms. The minimum Gasteiger partial charge on any atom is -0.321 e. The highest BCUT2D eigenvalue weighted by Crippen LogP contribution is 2.02. The number of nitrogens with zero attached hydrogens (tertiary/aromatic N) is 3. The van der Waals surface area contributed by atoms with Crippen molar-refractivity contribution in [2.75, 3.05) is 18.2 Å². The van der Waals surface area contributed by atoms with Gasteiger partial charge in [-0.1, -0.05) is 6.92 Å². The highest BCUT2D eigenvalue weighted by atomic mass is 35.5. The molecule has 98 valence electrons. The van der Waals surface area contributed by atoms with Crippen molar-refractivity contribution in [3.8, 4) is 0 Å². The van der Waals surface area contributed by atoms with E-state index >= 15 is 0 Å². The molecule has 1 N–H and O–H groups in total. The number of hydrogen-bond donors (Lipinski definition) is 1. The summed E-state index contributed by atoms with van der Waals surface area (Å²) >= 11 is 5.58. The van der Waals surface area contributed by atoms with E-state index in [-0.39, 0.29) is 11.7 Å². The van der Waals surface area contributed by atoms with Gasteiger partial charge in [0, 0.05) is 25.9 Å². The lowest BCUT2D eigenvalue weighted by Crippen LogP contribution is -2.31. The molecule has 1 atom stereocenters. The molecule has 0 fully saturated rings. The molecule has 0 spiro atoms. The maximum Gasteiger partial charge on any atom is 0.211 e. The van der Waals surface area contributed by atoms with E-state index < -0.39 is 10.0 Å². The van der Waals surface area contributed by atoms with Gasteiger partial charge in [0.25, 0.3) is 0 Å². The first kappa shape index (κ1) is 14.4. The molecule has 0 amide bonds. The van der Waals surface area contributed by atoms with Gasteiger partial charge in [0.1, 0.15) is 12.2 Å². The molecule has 1 unspecified atom stereocenters. The molecule has 0 aliphatic heterocycles. The van der Waals surface area contributed by atoms with Gasteiger partial charge in [0.2, 0.25) is 10.0 Å². The highest BCUT2D eigenvalue weighted by Gasteiger charge is 2.14. The molecule has 1 heterocycles. The van der Waals surface area contributed by atoms with E-state index in [1.54, 1.807) is 17.8 Å². The van der Waals surface area contributed by atoms with Gasteiger partial charge in [-0.25, -0.2) is 13.1 Å². The molecule has 1 rings (SSSR count). The second kappa shape index (κ2) is 6.32. The van der Waals surface area contributed by atoms with Gasteiger partial charge in [-0.2, -0.15) is 0 Å². The smallest absolute Gasteiger partial charge is 0.211 e. The molecule has 17 heavy (non-hydrogen) atoms. The Morgan fingerprint density at radius 3 is 2.82 bits per heavy atom. The van der Waals surface area contributed by atoms with Gasteiger partial charge >= 0.3 is 0 Å². The lowest BCUT2D eigenvalue weighted by Gasteiger charge is -2.09. The molecule has 0 aromatic carbocycles. The van der Waals surface area contributed by atoms with Crippen LogP contribution in [0.3, 0.4) is 0 Å². The fourth-order valence-electron chi connectivity index (χ4n) is 1.33. The van der Waals surface area contributed by atoms with Crippen molar-refractivity contribution in [2.24, 2.45) is 13.0 Å². The van der Waals surface area contributed by atoms with E-state index in [1.165, 1.54) is 0 Å². The molecule has 1 aromatic rings. The lowest BCUT2D eigenvalue weighted by atomic mass is 10.3. The first-order valence-corrected chi connectivity index (χ1v) is 7.49. The Bertz CT molecular complexity index is 446. The number of hydrogen-bond acceptors (Lipinski definition) is 4. The van der Waals surface area contributed by atoms with Crippen LogP contribution in [0, 0.1) is 5.92 Å². The number of sulfonamides is 1. The van der Waals surface area contributed by atoms with Gasteiger partial charge in [-0.3, -0.25) is 0 Å². The standard InChI is InChI=1S/C9H17ClN4O2S/c1-8(5-10)6-17(15,16)12-4-3-9-13-11-7-14(9)2/h7-8,12H,3-6H2,1-2H3. The number of halogens is 1. The second-order valence-corrected chi connectivity index (χ2v) is 6.20. The maximum absolute atomic E-state index is 11.6. The third-order valence-corrected chi connectivity index (χ3v) is 4.42. The van der Waals surface area contributed by atoms with Gasteiger partial charge < -0.3 is 4.57 Å². The van der Waals surface area contributed by atoms with Gasteiger partial charge in [-0.05, 0) is 5.92 Å². The lowest BCUT2D eigenvalue weighted by molar-refractivity contribution is 0.567. The van der Waals surface area contributed by atoms with E-state index in [2.05, 4.69) is 14.9 Å². The Hall–Kier alpha value is -0.660. The van der Waals surface area contributed by atoms with Crippen molar-refractivity contribution in [2.45, 2.75) is 13.3 Å². The molecule has 0 radical (unpaired) electrons. The zero-order valence-corrected chi connectivity index (χ0v) is 11.5. The van der Waals surface area contributed by atoms with Crippen molar-refractivity contribution < 1.29 is 8.42 Å². The van der Waals surface area contributed by atoms with Crippen molar-refractivity contribution >= 4 is 21.6 Å². The van der Waals surface area contributed by atoms with Crippen LogP contribution in [-0.2, 0) is 23.5 Å². The van der Waals surface area contributed by atoms with Crippen LogP contribution in [0.5, 0.6) is 0 Å². The van der Waals surface area contributed by atoms with Crippen LogP contribution < -0.4 is 4.72 Å². The van der Waals surface area contributed by atoms with E-state index in [0.29, 0.717) is 18.8 Å². The average Bonchev–Trinajstić information content (AvgIpc) is 2.63. The zero-order chi connectivity index (χ0) is 12.9. The fraction of sp³-hybridized carbons (Fsp3) is 0.778. The summed E-state index contributed by atoms with van der Waals surface area (Å²) in [6.45, 7) is 2.12. The monoisotopic (exact) mass is 280 g/mol. The number of aromatic nitrogens is 3. The first-order chi connectivity index (χ1) is 7.94. The van der Waals surface area contributed by atoms with Crippen LogP contribution in [0.2, 0.25) is 0 Å². The molecule has 1 aromatic heterocycles. The SMILES string of the molecule is CC(CCl)CS(=O)(=O)NCCc1nncn1C. The van der Waals surface area contributed by atoms with Crippen molar-refractivity contribution in [3.63, 3.8) is 0 Å². The molecule has 0 aliphatic carbocycles. The summed E-state index contributed by atoms with van der Waals surface area (Å²) in [7, 11) is -1.43. The Morgan fingerprint density at radius 1 is 1.59 bits per heavy atom. The average molecular weight is 281 g/mol. The third kappa shape index (κ3) is 5.01. The van der Waals surface area contributed by atoms with E-state index in [0.717, 1.165) is 5.82 Å². The Balaban J connectivity index is 2.38. The predicted octanol–water partition coefficient (Wildman–Crippen LogP) is 0.152. The second-order valence-electron chi connectivity index (χ2n) is 4.04. The summed E-state index contributed by atoms with van der Waals surface area (Å²) in [5, 5.41) is 7.59. The van der Waals surface area contributed by atoms with E-state index in [1.807, 2.05) is 7.05 Å². The predicted molar refractivity (Wildman–Crippen MR) is 66.4 cm³/mol. The number of aryl methyl sites for hydroxylation is 1. The van der Waals surface area contributed by atoms with E-state index in [9.17, 15) is 8.42 Å². The van der Waals surface area contributed by atoms with Crippen molar-refractivity contribution in [1.82, 2.24) is 19.5 Å². The molecule has 0 saturated heterocycles. The molecule has 0 aliphatic rings. The summed E-state index contributed by atoms with van der Waals surface area (Å²) in [5.74, 6) is 1.08. The normalized spacial score (nSPS) is 13.8. The Kier molecular flexibility index (Phi) is 5.35. The van der Waals surface area contributed by atoms with Crippen LogP contribution >= 0.6 is 11.6 Å². The van der Waals surface area contributed by atoms with Crippen LogP contribution in [0.25, 0.3) is 0 Å².